The number of carbonyl (C=O) groups is 1. The Bertz CT molecular complexity index is 397. The topological polar surface area (TPSA) is 32.7 Å². The van der Waals surface area contributed by atoms with Crippen molar-refractivity contribution < 1.29 is 4.79 Å². The molecule has 1 aromatic rings. The van der Waals surface area contributed by atoms with Crippen LogP contribution in [0.3, 0.4) is 0 Å². The number of benzene rings is 1. The summed E-state index contributed by atoms with van der Waals surface area (Å²) in [6.07, 6.45) is 0.766. The fourth-order valence-electron chi connectivity index (χ4n) is 1.75. The van der Waals surface area contributed by atoms with Crippen molar-refractivity contribution in [2.45, 2.75) is 20.3 Å². The molecule has 0 aromatic heterocycles. The number of anilines is 1. The van der Waals surface area contributed by atoms with Gasteiger partial charge in [-0.15, -0.1) is 0 Å². The van der Waals surface area contributed by atoms with Gasteiger partial charge >= 0.3 is 0 Å². The van der Waals surface area contributed by atoms with Gasteiger partial charge in [-0.2, -0.15) is 5.10 Å². The molecule has 1 heterocycles. The summed E-state index contributed by atoms with van der Waals surface area (Å²) in [6.45, 7) is 3.90. The summed E-state index contributed by atoms with van der Waals surface area (Å²) in [7, 11) is 0. The zero-order valence-electron chi connectivity index (χ0n) is 8.97. The van der Waals surface area contributed by atoms with Gasteiger partial charge in [0.2, 0.25) is 0 Å². The van der Waals surface area contributed by atoms with Crippen LogP contribution in [0.25, 0.3) is 0 Å². The van der Waals surface area contributed by atoms with Gasteiger partial charge in [0.25, 0.3) is 5.91 Å². The number of rotatable bonds is 1. The van der Waals surface area contributed by atoms with Gasteiger partial charge in [-0.1, -0.05) is 25.1 Å². The van der Waals surface area contributed by atoms with Gasteiger partial charge in [-0.25, -0.2) is 5.01 Å². The van der Waals surface area contributed by atoms with Crippen LogP contribution < -0.4 is 5.01 Å². The van der Waals surface area contributed by atoms with Gasteiger partial charge in [0, 0.05) is 11.6 Å². The third kappa shape index (κ3) is 1.91. The SMILES string of the molecule is CC1=NN(c2ccccc2)C(=O)C(C)C1. The third-order valence-electron chi connectivity index (χ3n) is 2.50. The fourth-order valence-corrected chi connectivity index (χ4v) is 1.75. The van der Waals surface area contributed by atoms with Crippen molar-refractivity contribution in [2.75, 3.05) is 5.01 Å². The second kappa shape index (κ2) is 3.85. The van der Waals surface area contributed by atoms with Crippen molar-refractivity contribution in [2.24, 2.45) is 11.0 Å². The van der Waals surface area contributed by atoms with Crippen molar-refractivity contribution >= 4 is 17.3 Å². The number of hydrogen-bond donors (Lipinski definition) is 0. The highest BCUT2D eigenvalue weighted by atomic mass is 16.2. The Morgan fingerprint density at radius 3 is 2.67 bits per heavy atom. The smallest absolute Gasteiger partial charge is 0.250 e. The minimum Gasteiger partial charge on any atom is -0.272 e. The zero-order chi connectivity index (χ0) is 10.8. The largest absolute Gasteiger partial charge is 0.272 e. The number of carbonyl (C=O) groups excluding carboxylic acids is 1. The van der Waals surface area contributed by atoms with E-state index in [1.165, 1.54) is 5.01 Å². The molecular formula is C12H14N2O. The molecule has 1 atom stereocenters. The van der Waals surface area contributed by atoms with Gasteiger partial charge in [0.05, 0.1) is 5.69 Å². The van der Waals surface area contributed by atoms with Crippen molar-refractivity contribution in [3.63, 3.8) is 0 Å². The molecule has 1 unspecified atom stereocenters. The van der Waals surface area contributed by atoms with Crippen LogP contribution in [0.2, 0.25) is 0 Å². The lowest BCUT2D eigenvalue weighted by molar-refractivity contribution is -0.122. The van der Waals surface area contributed by atoms with Crippen molar-refractivity contribution in [3.8, 4) is 0 Å². The molecule has 0 spiro atoms. The number of para-hydroxylation sites is 1. The van der Waals surface area contributed by atoms with Gasteiger partial charge < -0.3 is 0 Å². The highest BCUT2D eigenvalue weighted by molar-refractivity contribution is 6.02. The van der Waals surface area contributed by atoms with Crippen LogP contribution in [-0.4, -0.2) is 11.6 Å². The summed E-state index contributed by atoms with van der Waals surface area (Å²) >= 11 is 0. The first-order chi connectivity index (χ1) is 7.18. The van der Waals surface area contributed by atoms with E-state index in [2.05, 4.69) is 5.10 Å². The van der Waals surface area contributed by atoms with Crippen molar-refractivity contribution in [3.05, 3.63) is 30.3 Å². The second-order valence-corrected chi connectivity index (χ2v) is 3.93. The normalized spacial score (nSPS) is 21.5. The predicted octanol–water partition coefficient (Wildman–Crippen LogP) is 2.44. The quantitative estimate of drug-likeness (QED) is 0.688. The average molecular weight is 202 g/mol. The molecule has 15 heavy (non-hydrogen) atoms. The van der Waals surface area contributed by atoms with Crippen molar-refractivity contribution in [1.82, 2.24) is 0 Å². The van der Waals surface area contributed by atoms with Crippen LogP contribution in [0.15, 0.2) is 35.4 Å². The number of hydrogen-bond acceptors (Lipinski definition) is 2. The van der Waals surface area contributed by atoms with E-state index >= 15 is 0 Å². The first-order valence-corrected chi connectivity index (χ1v) is 5.11. The maximum atomic E-state index is 11.9. The lowest BCUT2D eigenvalue weighted by atomic mass is 10.0. The van der Waals surface area contributed by atoms with E-state index < -0.39 is 0 Å². The highest BCUT2D eigenvalue weighted by Crippen LogP contribution is 2.22. The second-order valence-electron chi connectivity index (χ2n) is 3.93. The average Bonchev–Trinajstić information content (AvgIpc) is 2.24. The Kier molecular flexibility index (Phi) is 2.54. The van der Waals surface area contributed by atoms with Gasteiger partial charge in [-0.3, -0.25) is 4.79 Å². The summed E-state index contributed by atoms with van der Waals surface area (Å²) in [5.41, 5.74) is 1.85. The molecule has 3 heteroatoms. The Balaban J connectivity index is 2.36. The van der Waals surface area contributed by atoms with E-state index in [9.17, 15) is 4.79 Å². The number of nitrogens with zero attached hydrogens (tertiary/aromatic N) is 2. The molecule has 0 saturated carbocycles. The van der Waals surface area contributed by atoms with Gasteiger partial charge in [0.15, 0.2) is 0 Å². The Morgan fingerprint density at radius 1 is 1.33 bits per heavy atom. The first-order valence-electron chi connectivity index (χ1n) is 5.11. The molecule has 3 nitrogen and oxygen atoms in total. The standard InChI is InChI=1S/C12H14N2O/c1-9-8-10(2)13-14(12(9)15)11-6-4-3-5-7-11/h3-7,9H,8H2,1-2H3. The molecule has 2 rings (SSSR count). The van der Waals surface area contributed by atoms with Crippen LogP contribution in [0.1, 0.15) is 20.3 Å². The van der Waals surface area contributed by atoms with Crippen LogP contribution >= 0.6 is 0 Å². The molecule has 78 valence electrons. The van der Waals surface area contributed by atoms with E-state index in [1.54, 1.807) is 0 Å². The molecule has 0 aliphatic carbocycles. The third-order valence-corrected chi connectivity index (χ3v) is 2.50. The first kappa shape index (κ1) is 9.90. The maximum Gasteiger partial charge on any atom is 0.250 e. The van der Waals surface area contributed by atoms with Gasteiger partial charge in [0.1, 0.15) is 0 Å². The molecule has 1 aromatic carbocycles. The summed E-state index contributed by atoms with van der Waals surface area (Å²) in [5, 5.41) is 5.79. The monoisotopic (exact) mass is 202 g/mol. The van der Waals surface area contributed by atoms with Crippen molar-refractivity contribution in [1.29, 1.82) is 0 Å². The van der Waals surface area contributed by atoms with Crippen LogP contribution in [-0.2, 0) is 4.79 Å². The van der Waals surface area contributed by atoms with E-state index in [0.29, 0.717) is 0 Å². The molecule has 0 N–H and O–H groups in total. The molecule has 0 fully saturated rings. The predicted molar refractivity (Wildman–Crippen MR) is 60.8 cm³/mol. The van der Waals surface area contributed by atoms with E-state index in [1.807, 2.05) is 44.2 Å². The highest BCUT2D eigenvalue weighted by Gasteiger charge is 2.26. The van der Waals surface area contributed by atoms with Crippen LogP contribution in [0, 0.1) is 5.92 Å². The fraction of sp³-hybridized carbons (Fsp3) is 0.333. The van der Waals surface area contributed by atoms with E-state index in [4.69, 9.17) is 0 Å². The van der Waals surface area contributed by atoms with Crippen LogP contribution in [0.5, 0.6) is 0 Å². The molecule has 0 radical (unpaired) electrons. The zero-order valence-corrected chi connectivity index (χ0v) is 8.97. The summed E-state index contributed by atoms with van der Waals surface area (Å²) < 4.78 is 0. The van der Waals surface area contributed by atoms with Crippen LogP contribution in [0.4, 0.5) is 5.69 Å². The van der Waals surface area contributed by atoms with E-state index in [0.717, 1.165) is 17.8 Å². The maximum absolute atomic E-state index is 11.9. The Labute approximate surface area is 89.4 Å². The van der Waals surface area contributed by atoms with Gasteiger partial charge in [-0.05, 0) is 25.5 Å². The minimum atomic E-state index is 0.0303. The van der Waals surface area contributed by atoms with E-state index in [-0.39, 0.29) is 11.8 Å². The molecular weight excluding hydrogens is 188 g/mol. The summed E-state index contributed by atoms with van der Waals surface area (Å²) in [4.78, 5) is 11.9. The molecule has 1 amide bonds. The molecule has 1 aliphatic heterocycles. The molecule has 0 bridgehead atoms. The lowest BCUT2D eigenvalue weighted by Gasteiger charge is -2.26. The Morgan fingerprint density at radius 2 is 2.00 bits per heavy atom. The Hall–Kier alpha value is -1.64. The molecule has 1 aliphatic rings. The number of hydrazone groups is 1. The lowest BCUT2D eigenvalue weighted by Crippen LogP contribution is -2.36. The summed E-state index contributed by atoms with van der Waals surface area (Å²) in [5.74, 6) is 0.106. The number of amides is 1. The molecule has 0 saturated heterocycles. The minimum absolute atomic E-state index is 0.0303. The summed E-state index contributed by atoms with van der Waals surface area (Å²) in [6, 6.07) is 9.54.